The van der Waals surface area contributed by atoms with Crippen LogP contribution in [-0.2, 0) is 19.4 Å². The summed E-state index contributed by atoms with van der Waals surface area (Å²) in [6.07, 6.45) is 11.1. The minimum absolute atomic E-state index is 0.0852. The van der Waals surface area contributed by atoms with E-state index in [4.69, 9.17) is 33.8 Å². The normalized spacial score (nSPS) is 11.4. The number of fused-ring (bicyclic) bond motifs is 5. The molecule has 0 aliphatic carbocycles. The van der Waals surface area contributed by atoms with Gasteiger partial charge in [0.15, 0.2) is 40.0 Å². The van der Waals surface area contributed by atoms with Gasteiger partial charge in [0.05, 0.1) is 44.4 Å². The van der Waals surface area contributed by atoms with E-state index in [1.165, 1.54) is 28.8 Å². The van der Waals surface area contributed by atoms with Gasteiger partial charge in [-0.25, -0.2) is 29.9 Å². The molecule has 0 saturated carbocycles. The van der Waals surface area contributed by atoms with Gasteiger partial charge in [-0.3, -0.25) is 9.78 Å². The summed E-state index contributed by atoms with van der Waals surface area (Å²) >= 11 is 1.71. The van der Waals surface area contributed by atoms with Crippen LogP contribution in [0.15, 0.2) is 167 Å². The zero-order valence-electron chi connectivity index (χ0n) is 48.2. The number of aromatic nitrogens is 10. The Morgan fingerprint density at radius 3 is 2.05 bits per heavy atom. The fourth-order valence-electron chi connectivity index (χ4n) is 9.99. The zero-order chi connectivity index (χ0) is 59.1. The number of rotatable bonds is 16. The molecule has 0 spiro atoms. The van der Waals surface area contributed by atoms with Gasteiger partial charge >= 0.3 is 0 Å². The first-order chi connectivity index (χ1) is 41.4. The molecule has 0 radical (unpaired) electrons. The number of hydrogen-bond acceptors (Lipinski definition) is 16. The standard InChI is InChI=1S/C24H25N7.C24H23N5OS.C18H16O5/c1-15(2)31-14-28-21-23(26-9-8-17-13-27-20-7-5-4-6-19(17)20)29-22(30-24(21)31)18-10-16(3)11-25-12-18;1-15(2)29-14-26-21-23(25-12-11-16-7-9-17(30)10-8-16)27-22(28-24(21)29)19-13-31-20-6-4-3-5-18(19)20;1-21-12-4-6-16-14(8-12)15(20)9-18(23-16)13-5-3-11(10-19)7-17(13)22-2/h4-7,10-15,27H,8-9H2,1-3H3,(H,26,29,30);3-10,13-15,30H,11-12H2,1-2H3,(H,25,27,28);3-9,19H,10H2,1-2H3. The number of benzene rings is 5. The summed E-state index contributed by atoms with van der Waals surface area (Å²) in [7, 11) is 3.08. The summed E-state index contributed by atoms with van der Waals surface area (Å²) in [6, 6.07) is 38.3. The van der Waals surface area contributed by atoms with Crippen LogP contribution in [0, 0.1) is 6.92 Å². The maximum Gasteiger partial charge on any atom is 0.193 e. The second kappa shape index (κ2) is 25.3. The second-order valence-corrected chi connectivity index (χ2v) is 21.8. The minimum atomic E-state index is -0.159. The molecule has 0 aliphatic heterocycles. The van der Waals surface area contributed by atoms with Crippen molar-refractivity contribution in [2.24, 2.45) is 0 Å². The number of thiophene rings is 1. The molecule has 0 bridgehead atoms. The summed E-state index contributed by atoms with van der Waals surface area (Å²) in [6.45, 7) is 11.9. The van der Waals surface area contributed by atoms with E-state index in [0.29, 0.717) is 52.0 Å². The van der Waals surface area contributed by atoms with Crippen molar-refractivity contribution in [3.05, 3.63) is 190 Å². The maximum absolute atomic E-state index is 12.4. The zero-order valence-corrected chi connectivity index (χ0v) is 49.0. The van der Waals surface area contributed by atoms with Crippen molar-refractivity contribution in [1.82, 2.24) is 49.0 Å². The highest BCUT2D eigenvalue weighted by Crippen LogP contribution is 2.36. The third-order valence-corrected chi connectivity index (χ3v) is 15.4. The van der Waals surface area contributed by atoms with Crippen molar-refractivity contribution in [3.8, 4) is 51.3 Å². The van der Waals surface area contributed by atoms with Gasteiger partial charge < -0.3 is 48.9 Å². The molecule has 0 unspecified atom stereocenters. The molecule has 13 rings (SSSR count). The summed E-state index contributed by atoms with van der Waals surface area (Å²) in [4.78, 5) is 48.7. The molecule has 19 heteroatoms. The molecule has 13 aromatic rings. The lowest BCUT2D eigenvalue weighted by molar-refractivity contribution is 0.281. The van der Waals surface area contributed by atoms with Crippen LogP contribution >= 0.6 is 11.3 Å². The fourth-order valence-corrected chi connectivity index (χ4v) is 10.9. The molecule has 0 fully saturated rings. The number of nitrogens with one attached hydrogen (secondary N) is 3. The van der Waals surface area contributed by atoms with E-state index >= 15 is 0 Å². The number of aliphatic hydroxyl groups is 1. The number of hydrogen-bond donors (Lipinski definition) is 5. The maximum atomic E-state index is 12.4. The van der Waals surface area contributed by atoms with Crippen molar-refractivity contribution >= 4 is 77.3 Å². The Labute approximate surface area is 493 Å². The second-order valence-electron chi connectivity index (χ2n) is 20.9. The number of aromatic amines is 1. The lowest BCUT2D eigenvalue weighted by Gasteiger charge is -2.11. The van der Waals surface area contributed by atoms with E-state index in [2.05, 4.69) is 121 Å². The van der Waals surface area contributed by atoms with Crippen LogP contribution in [0.3, 0.4) is 0 Å². The average Bonchev–Trinajstić information content (AvgIpc) is 3.29. The van der Waals surface area contributed by atoms with E-state index in [1.807, 2.05) is 50.0 Å². The van der Waals surface area contributed by atoms with Crippen LogP contribution < -0.4 is 25.5 Å². The number of aromatic hydroxyl groups is 1. The van der Waals surface area contributed by atoms with Crippen LogP contribution in [0.1, 0.15) is 62.0 Å². The van der Waals surface area contributed by atoms with E-state index in [9.17, 15) is 15.0 Å². The first-order valence-electron chi connectivity index (χ1n) is 27.9. The highest BCUT2D eigenvalue weighted by atomic mass is 32.1. The number of methoxy groups -OCH3 is 2. The van der Waals surface area contributed by atoms with Crippen LogP contribution in [0.25, 0.3) is 88.4 Å². The monoisotopic (exact) mass is 1150 g/mol. The number of ether oxygens (including phenoxy) is 2. The van der Waals surface area contributed by atoms with Crippen LogP contribution in [0.4, 0.5) is 11.6 Å². The Kier molecular flexibility index (Phi) is 16.9. The Morgan fingerprint density at radius 1 is 0.682 bits per heavy atom. The number of pyridine rings is 1. The van der Waals surface area contributed by atoms with Crippen molar-refractivity contribution in [1.29, 1.82) is 0 Å². The molecule has 0 amide bonds. The molecular formula is C66H64N12O6S. The van der Waals surface area contributed by atoms with Gasteiger partial charge in [0.1, 0.15) is 39.6 Å². The molecule has 0 atom stereocenters. The molecule has 18 nitrogen and oxygen atoms in total. The smallest absolute Gasteiger partial charge is 0.193 e. The van der Waals surface area contributed by atoms with Crippen molar-refractivity contribution < 1.29 is 24.1 Å². The van der Waals surface area contributed by atoms with Gasteiger partial charge in [-0.2, -0.15) is 0 Å². The predicted molar refractivity (Wildman–Crippen MR) is 338 cm³/mol. The van der Waals surface area contributed by atoms with Gasteiger partial charge in [-0.05, 0) is 130 Å². The molecule has 5 N–H and O–H groups in total. The Morgan fingerprint density at radius 2 is 1.35 bits per heavy atom. The number of H-pyrrole nitrogens is 1. The number of nitrogens with zero attached hydrogens (tertiary/aromatic N) is 9. The minimum Gasteiger partial charge on any atom is -0.508 e. The van der Waals surface area contributed by atoms with Crippen molar-refractivity contribution in [3.63, 3.8) is 0 Å². The highest BCUT2D eigenvalue weighted by molar-refractivity contribution is 7.17. The molecule has 5 aromatic carbocycles. The lowest BCUT2D eigenvalue weighted by atomic mass is 10.1. The third kappa shape index (κ3) is 12.4. The first-order valence-corrected chi connectivity index (χ1v) is 28.8. The highest BCUT2D eigenvalue weighted by Gasteiger charge is 2.20. The molecule has 430 valence electrons. The summed E-state index contributed by atoms with van der Waals surface area (Å²) in [5.74, 6) is 4.68. The molecule has 85 heavy (non-hydrogen) atoms. The van der Waals surface area contributed by atoms with Crippen LogP contribution in [0.5, 0.6) is 17.2 Å². The Bertz CT molecular complexity index is 4550. The third-order valence-electron chi connectivity index (χ3n) is 14.5. The van der Waals surface area contributed by atoms with Gasteiger partial charge in [0, 0.05) is 87.3 Å². The van der Waals surface area contributed by atoms with E-state index in [0.717, 1.165) is 92.1 Å². The van der Waals surface area contributed by atoms with Crippen molar-refractivity contribution in [2.45, 2.75) is 66.2 Å². The van der Waals surface area contributed by atoms with Gasteiger partial charge in [-0.15, -0.1) is 11.3 Å². The topological polar surface area (TPSA) is 229 Å². The van der Waals surface area contributed by atoms with Gasteiger partial charge in [0.2, 0.25) is 0 Å². The number of phenols is 1. The summed E-state index contributed by atoms with van der Waals surface area (Å²) in [5.41, 5.74) is 11.5. The van der Waals surface area contributed by atoms with E-state index in [-0.39, 0.29) is 29.9 Å². The number of imidazole rings is 2. The van der Waals surface area contributed by atoms with E-state index < -0.39 is 0 Å². The molecule has 8 heterocycles. The average molecular weight is 1150 g/mol. The Balaban J connectivity index is 0.000000135. The first kappa shape index (κ1) is 56.9. The summed E-state index contributed by atoms with van der Waals surface area (Å²) < 4.78 is 21.7. The Hall–Kier alpha value is -9.98. The predicted octanol–water partition coefficient (Wildman–Crippen LogP) is 13.5. The summed E-state index contributed by atoms with van der Waals surface area (Å²) in [5, 5.41) is 30.7. The number of aryl methyl sites for hydroxylation is 1. The van der Waals surface area contributed by atoms with Crippen molar-refractivity contribution in [2.75, 3.05) is 37.9 Å². The lowest BCUT2D eigenvalue weighted by Crippen LogP contribution is -2.09. The quantitative estimate of drug-likeness (QED) is 0.0606. The largest absolute Gasteiger partial charge is 0.508 e. The van der Waals surface area contributed by atoms with Crippen LogP contribution in [-0.4, -0.2) is 86.5 Å². The molecule has 0 saturated heterocycles. The fraction of sp³-hybridized carbons (Fsp3) is 0.212. The number of para-hydroxylation sites is 1. The number of aliphatic hydroxyl groups excluding tert-OH is 1. The van der Waals surface area contributed by atoms with Gasteiger partial charge in [-0.1, -0.05) is 54.6 Å². The van der Waals surface area contributed by atoms with Crippen LogP contribution in [0.2, 0.25) is 0 Å². The SMILES string of the molecule is CC(C)n1cnc2c(NCCc3ccc(O)cc3)nc(-c3csc4ccccc34)nc21.COc1ccc2oc(-c3ccc(CO)cc3OC)cc(=O)c2c1.Cc1cncc(-c2nc(NCCc3c[nH]c4ccccc34)c3ncn(C(C)C)c3n2)c1. The molecule has 0 aliphatic rings. The number of phenolic OH excluding ortho intramolecular Hbond substituents is 1. The number of anilines is 2. The molecular weight excluding hydrogens is 1090 g/mol. The van der Waals surface area contributed by atoms with Gasteiger partial charge in [0.25, 0.3) is 0 Å². The molecule has 8 aromatic heterocycles. The van der Waals surface area contributed by atoms with E-state index in [1.54, 1.807) is 73.2 Å².